The quantitative estimate of drug-likeness (QED) is 0.213. The zero-order valence-corrected chi connectivity index (χ0v) is 14.2. The molecule has 3 nitrogen and oxygen atoms in total. The summed E-state index contributed by atoms with van der Waals surface area (Å²) >= 11 is 0. The van der Waals surface area contributed by atoms with Gasteiger partial charge in [0.1, 0.15) is 0 Å². The van der Waals surface area contributed by atoms with Crippen LogP contribution < -0.4 is 0 Å². The van der Waals surface area contributed by atoms with Gasteiger partial charge < -0.3 is 4.74 Å². The lowest BCUT2D eigenvalue weighted by atomic mass is 10.1. The number of hydrogen-bond donors (Lipinski definition) is 0. The molecule has 1 aromatic rings. The number of rotatable bonds is 8. The van der Waals surface area contributed by atoms with Gasteiger partial charge in [0.05, 0.1) is 5.69 Å². The molecule has 13 heteroatoms. The predicted molar refractivity (Wildman–Crippen MR) is 81.2 cm³/mol. The van der Waals surface area contributed by atoms with Crippen LogP contribution in [0.3, 0.4) is 0 Å². The fourth-order valence-corrected chi connectivity index (χ4v) is 1.88. The van der Waals surface area contributed by atoms with Crippen LogP contribution in [0.2, 0.25) is 0 Å². The van der Waals surface area contributed by atoms with Crippen LogP contribution in [-0.4, -0.2) is 43.0 Å². The summed E-state index contributed by atoms with van der Waals surface area (Å²) in [7, 11) is 0. The maximum absolute atomic E-state index is 14.4. The third-order valence-corrected chi connectivity index (χ3v) is 3.06. The van der Waals surface area contributed by atoms with E-state index < -0.39 is 49.4 Å². The minimum absolute atomic E-state index is 0.100. The number of para-hydroxylation sites is 1. The van der Waals surface area contributed by atoms with Crippen LogP contribution in [0, 0.1) is 0 Å². The normalized spacial score (nSPS) is 16.8. The fraction of sp³-hybridized carbons (Fsp3) is 0.438. The summed E-state index contributed by atoms with van der Waals surface area (Å²) in [4.78, 5) is 3.49. The molecule has 0 spiro atoms. The lowest BCUT2D eigenvalue weighted by Gasteiger charge is -2.37. The van der Waals surface area contributed by atoms with Gasteiger partial charge in [0, 0.05) is 6.42 Å². The molecule has 1 rings (SSSR count). The van der Waals surface area contributed by atoms with E-state index in [1.165, 1.54) is 30.3 Å². The second-order valence-corrected chi connectivity index (χ2v) is 5.39. The van der Waals surface area contributed by atoms with Crippen LogP contribution in [0.25, 0.3) is 0 Å². The highest BCUT2D eigenvalue weighted by Crippen LogP contribution is 2.47. The standard InChI is InChI=1S/C16H13F10NO2/c1-2-6-11(27-10-7-4-3-5-8-10)28-12(15(21,22)23)14(20,16(24,25)26)29-13(18,19)9-17/h2-5,7-8,12H,1,6,9H2. The Bertz CT molecular complexity index is 702. The van der Waals surface area contributed by atoms with Gasteiger partial charge in [-0.15, -0.1) is 6.58 Å². The minimum atomic E-state index is -6.68. The van der Waals surface area contributed by atoms with E-state index >= 15 is 0 Å². The van der Waals surface area contributed by atoms with Gasteiger partial charge >= 0.3 is 24.3 Å². The van der Waals surface area contributed by atoms with Gasteiger partial charge in [0.2, 0.25) is 0 Å². The summed E-state index contributed by atoms with van der Waals surface area (Å²) in [5.41, 5.74) is -0.100. The molecule has 0 bridgehead atoms. The number of aliphatic imine (C=N–C) groups is 1. The van der Waals surface area contributed by atoms with E-state index in [1.807, 2.05) is 0 Å². The molecule has 2 atom stereocenters. The first-order valence-electron chi connectivity index (χ1n) is 7.53. The first kappa shape index (κ1) is 24.7. The highest BCUT2D eigenvalue weighted by Gasteiger charge is 2.74. The largest absolute Gasteiger partial charge is 0.461 e. The van der Waals surface area contributed by atoms with E-state index in [-0.39, 0.29) is 5.69 Å². The number of alkyl halides is 10. The van der Waals surface area contributed by atoms with Crippen molar-refractivity contribution in [3.8, 4) is 0 Å². The number of hydrogen-bond acceptors (Lipinski definition) is 3. The highest BCUT2D eigenvalue weighted by molar-refractivity contribution is 5.80. The molecule has 164 valence electrons. The van der Waals surface area contributed by atoms with Gasteiger partial charge in [-0.3, -0.25) is 4.74 Å². The van der Waals surface area contributed by atoms with E-state index in [4.69, 9.17) is 0 Å². The first-order valence-corrected chi connectivity index (χ1v) is 7.53. The summed E-state index contributed by atoms with van der Waals surface area (Å²) in [6.45, 7) is 0.119. The summed E-state index contributed by atoms with van der Waals surface area (Å²) in [6.07, 6.45) is -22.9. The minimum Gasteiger partial charge on any atom is -0.461 e. The van der Waals surface area contributed by atoms with Gasteiger partial charge in [-0.2, -0.15) is 39.5 Å². The Kier molecular flexibility index (Phi) is 7.68. The number of ether oxygens (including phenoxy) is 2. The molecule has 0 N–H and O–H groups in total. The molecule has 0 amide bonds. The van der Waals surface area contributed by atoms with Crippen LogP contribution in [0.15, 0.2) is 48.0 Å². The van der Waals surface area contributed by atoms with Crippen molar-refractivity contribution in [3.63, 3.8) is 0 Å². The van der Waals surface area contributed by atoms with E-state index in [1.54, 1.807) is 0 Å². The van der Waals surface area contributed by atoms with Crippen LogP contribution in [0.4, 0.5) is 49.6 Å². The Balaban J connectivity index is 3.48. The second kappa shape index (κ2) is 9.01. The molecule has 29 heavy (non-hydrogen) atoms. The number of benzene rings is 1. The molecule has 2 unspecified atom stereocenters. The van der Waals surface area contributed by atoms with Crippen molar-refractivity contribution in [1.82, 2.24) is 0 Å². The zero-order chi connectivity index (χ0) is 22.5. The summed E-state index contributed by atoms with van der Waals surface area (Å²) < 4.78 is 138. The van der Waals surface area contributed by atoms with Crippen molar-refractivity contribution in [1.29, 1.82) is 0 Å². The third kappa shape index (κ3) is 6.61. The third-order valence-electron chi connectivity index (χ3n) is 3.06. The van der Waals surface area contributed by atoms with Crippen LogP contribution in [0.5, 0.6) is 0 Å². The Morgan fingerprint density at radius 1 is 1.00 bits per heavy atom. The van der Waals surface area contributed by atoms with Gasteiger partial charge in [-0.1, -0.05) is 24.3 Å². The lowest BCUT2D eigenvalue weighted by Crippen LogP contribution is -2.62. The molecule has 0 fully saturated rings. The maximum atomic E-state index is 14.4. The van der Waals surface area contributed by atoms with Gasteiger partial charge in [-0.05, 0) is 12.1 Å². The molecule has 0 saturated heterocycles. The molecule has 0 heterocycles. The van der Waals surface area contributed by atoms with Gasteiger partial charge in [0.25, 0.3) is 6.10 Å². The van der Waals surface area contributed by atoms with Crippen LogP contribution in [-0.2, 0) is 9.47 Å². The number of halogens is 10. The SMILES string of the molecule is C=CCC(=Nc1ccccc1)OC(C(F)(F)F)C(F)(OC(F)(F)CF)C(F)(F)F. The Morgan fingerprint density at radius 3 is 1.97 bits per heavy atom. The zero-order valence-electron chi connectivity index (χ0n) is 14.2. The molecule has 0 aliphatic rings. The molecule has 0 aromatic heterocycles. The Morgan fingerprint density at radius 2 is 1.55 bits per heavy atom. The van der Waals surface area contributed by atoms with Crippen molar-refractivity contribution in [2.24, 2.45) is 4.99 Å². The first-order chi connectivity index (χ1) is 13.2. The van der Waals surface area contributed by atoms with Gasteiger partial charge in [0.15, 0.2) is 12.6 Å². The molecular formula is C16H13F10NO2. The monoisotopic (exact) mass is 441 g/mol. The van der Waals surface area contributed by atoms with E-state index in [0.717, 1.165) is 6.08 Å². The summed E-state index contributed by atoms with van der Waals surface area (Å²) in [5.74, 6) is -7.29. The van der Waals surface area contributed by atoms with Crippen molar-refractivity contribution < 1.29 is 53.4 Å². The summed E-state index contributed by atoms with van der Waals surface area (Å²) in [6, 6.07) is 6.65. The molecule has 0 aliphatic heterocycles. The van der Waals surface area contributed by atoms with Crippen molar-refractivity contribution >= 4 is 11.6 Å². The Labute approximate surface area is 157 Å². The average molecular weight is 441 g/mol. The molecular weight excluding hydrogens is 428 g/mol. The highest BCUT2D eigenvalue weighted by atomic mass is 19.4. The van der Waals surface area contributed by atoms with E-state index in [0.29, 0.717) is 0 Å². The van der Waals surface area contributed by atoms with E-state index in [9.17, 15) is 43.9 Å². The molecule has 1 aromatic carbocycles. The van der Waals surface area contributed by atoms with Crippen molar-refractivity contribution in [3.05, 3.63) is 43.0 Å². The molecule has 0 aliphatic carbocycles. The smallest absolute Gasteiger partial charge is 0.453 e. The van der Waals surface area contributed by atoms with Crippen molar-refractivity contribution in [2.75, 3.05) is 6.67 Å². The van der Waals surface area contributed by atoms with E-state index in [2.05, 4.69) is 21.0 Å². The molecule has 0 radical (unpaired) electrons. The van der Waals surface area contributed by atoms with Gasteiger partial charge in [-0.25, -0.2) is 9.38 Å². The topological polar surface area (TPSA) is 30.8 Å². The predicted octanol–water partition coefficient (Wildman–Crippen LogP) is 6.05. The Hall–Kier alpha value is -2.31. The molecule has 0 saturated carbocycles. The number of nitrogens with zero attached hydrogens (tertiary/aromatic N) is 1. The fourth-order valence-electron chi connectivity index (χ4n) is 1.88. The maximum Gasteiger partial charge on any atom is 0.453 e. The van der Waals surface area contributed by atoms with Crippen molar-refractivity contribution in [2.45, 2.75) is 36.8 Å². The van der Waals surface area contributed by atoms with Crippen LogP contribution in [0.1, 0.15) is 6.42 Å². The van der Waals surface area contributed by atoms with Crippen LogP contribution >= 0.6 is 0 Å². The summed E-state index contributed by atoms with van der Waals surface area (Å²) in [5, 5.41) is 0. The lowest BCUT2D eigenvalue weighted by molar-refractivity contribution is -0.451. The average Bonchev–Trinajstić information content (AvgIpc) is 2.58. The second-order valence-electron chi connectivity index (χ2n) is 5.39.